The lowest BCUT2D eigenvalue weighted by molar-refractivity contribution is 0.112. The van der Waals surface area contributed by atoms with E-state index in [1.807, 2.05) is 29.1 Å². The number of hydrogen-bond donors (Lipinski definition) is 2. The Balaban J connectivity index is 1.63. The molecule has 6 heteroatoms. The third kappa shape index (κ3) is 3.46. The molecule has 116 valence electrons. The number of urea groups is 1. The molecule has 1 aromatic carbocycles. The molecule has 3 rings (SSSR count). The first kappa shape index (κ1) is 14.6. The second-order valence-electron chi connectivity index (χ2n) is 5.22. The van der Waals surface area contributed by atoms with Crippen LogP contribution in [0, 0.1) is 5.82 Å². The fourth-order valence-corrected chi connectivity index (χ4v) is 2.45. The molecule has 1 aliphatic heterocycles. The van der Waals surface area contributed by atoms with E-state index in [4.69, 9.17) is 4.74 Å². The van der Waals surface area contributed by atoms with Gasteiger partial charge in [0.25, 0.3) is 0 Å². The summed E-state index contributed by atoms with van der Waals surface area (Å²) < 4.78 is 21.1. The van der Waals surface area contributed by atoms with Gasteiger partial charge >= 0.3 is 6.03 Å². The summed E-state index contributed by atoms with van der Waals surface area (Å²) in [6.07, 6.45) is 5.73. The topological polar surface area (TPSA) is 55.3 Å². The van der Waals surface area contributed by atoms with Gasteiger partial charge in [0.05, 0.1) is 11.8 Å². The number of amides is 2. The molecular weight excluding hydrogens is 285 g/mol. The molecule has 2 amide bonds. The first-order chi connectivity index (χ1) is 10.7. The zero-order valence-corrected chi connectivity index (χ0v) is 12.1. The molecule has 0 saturated carbocycles. The summed E-state index contributed by atoms with van der Waals surface area (Å²) >= 11 is 0. The molecule has 0 aliphatic carbocycles. The van der Waals surface area contributed by atoms with Gasteiger partial charge in [-0.1, -0.05) is 0 Å². The number of aromatic nitrogens is 1. The Labute approximate surface area is 128 Å². The minimum absolute atomic E-state index is 0.0572. The molecule has 1 fully saturated rings. The highest BCUT2D eigenvalue weighted by molar-refractivity contribution is 5.89. The fourth-order valence-electron chi connectivity index (χ4n) is 2.45. The summed E-state index contributed by atoms with van der Waals surface area (Å²) in [4.78, 5) is 11.9. The van der Waals surface area contributed by atoms with Crippen LogP contribution in [0.3, 0.4) is 0 Å². The minimum Gasteiger partial charge on any atom is -0.376 e. The minimum atomic E-state index is -0.469. The van der Waals surface area contributed by atoms with Crippen molar-refractivity contribution in [3.8, 4) is 5.69 Å². The normalized spacial score (nSPS) is 17.4. The summed E-state index contributed by atoms with van der Waals surface area (Å²) in [5, 5.41) is 5.25. The van der Waals surface area contributed by atoms with E-state index in [0.717, 1.165) is 25.1 Å². The van der Waals surface area contributed by atoms with E-state index < -0.39 is 11.8 Å². The molecule has 0 spiro atoms. The molecule has 1 saturated heterocycles. The van der Waals surface area contributed by atoms with Crippen LogP contribution in [-0.2, 0) is 4.74 Å². The van der Waals surface area contributed by atoms with Gasteiger partial charge in [0.1, 0.15) is 5.82 Å². The number of halogens is 1. The number of anilines is 1. The molecule has 1 aromatic heterocycles. The van der Waals surface area contributed by atoms with Gasteiger partial charge in [0, 0.05) is 31.2 Å². The predicted octanol–water partition coefficient (Wildman–Crippen LogP) is 2.92. The molecule has 0 radical (unpaired) electrons. The fraction of sp³-hybridized carbons (Fsp3) is 0.312. The second-order valence-corrected chi connectivity index (χ2v) is 5.22. The van der Waals surface area contributed by atoms with Crippen molar-refractivity contribution in [3.63, 3.8) is 0 Å². The number of ether oxygens (including phenoxy) is 1. The number of nitrogens with one attached hydrogen (secondary N) is 2. The lowest BCUT2D eigenvalue weighted by Crippen LogP contribution is -2.35. The van der Waals surface area contributed by atoms with Gasteiger partial charge in [-0.3, -0.25) is 0 Å². The highest BCUT2D eigenvalue weighted by atomic mass is 19.1. The summed E-state index contributed by atoms with van der Waals surface area (Å²) in [5.74, 6) is -0.469. The first-order valence-electron chi connectivity index (χ1n) is 7.32. The van der Waals surface area contributed by atoms with Crippen molar-refractivity contribution in [3.05, 3.63) is 48.5 Å². The van der Waals surface area contributed by atoms with Crippen LogP contribution in [0.2, 0.25) is 0 Å². The van der Waals surface area contributed by atoms with Crippen LogP contribution in [-0.4, -0.2) is 29.9 Å². The van der Waals surface area contributed by atoms with Gasteiger partial charge in [-0.05, 0) is 43.2 Å². The summed E-state index contributed by atoms with van der Waals surface area (Å²) in [6.45, 7) is 1.17. The van der Waals surface area contributed by atoms with Crippen molar-refractivity contribution >= 4 is 11.7 Å². The Bertz CT molecular complexity index is 637. The van der Waals surface area contributed by atoms with Gasteiger partial charge in [0.2, 0.25) is 0 Å². The van der Waals surface area contributed by atoms with Crippen molar-refractivity contribution in [2.45, 2.75) is 18.9 Å². The van der Waals surface area contributed by atoms with Crippen molar-refractivity contribution in [2.75, 3.05) is 18.5 Å². The van der Waals surface area contributed by atoms with Crippen LogP contribution < -0.4 is 10.6 Å². The van der Waals surface area contributed by atoms with E-state index in [0.29, 0.717) is 6.54 Å². The Morgan fingerprint density at radius 2 is 2.18 bits per heavy atom. The largest absolute Gasteiger partial charge is 0.376 e. The van der Waals surface area contributed by atoms with Crippen LogP contribution >= 0.6 is 0 Å². The number of carbonyl (C=O) groups excluding carboxylic acids is 1. The molecule has 2 N–H and O–H groups in total. The molecule has 1 aliphatic rings. The lowest BCUT2D eigenvalue weighted by atomic mass is 10.2. The van der Waals surface area contributed by atoms with Crippen LogP contribution in [0.15, 0.2) is 42.7 Å². The zero-order valence-electron chi connectivity index (χ0n) is 12.1. The van der Waals surface area contributed by atoms with E-state index in [1.165, 1.54) is 6.07 Å². The average molecular weight is 303 g/mol. The third-order valence-corrected chi connectivity index (χ3v) is 3.62. The maximum Gasteiger partial charge on any atom is 0.319 e. The second kappa shape index (κ2) is 6.62. The Kier molecular flexibility index (Phi) is 4.39. The maximum atomic E-state index is 13.8. The SMILES string of the molecule is O=C(NC[C@@H]1CCCO1)Nc1cc(-n2cccc2)ccc1F. The van der Waals surface area contributed by atoms with Gasteiger partial charge in [-0.2, -0.15) is 0 Å². The molecule has 2 heterocycles. The van der Waals surface area contributed by atoms with Gasteiger partial charge < -0.3 is 19.9 Å². The van der Waals surface area contributed by atoms with E-state index in [2.05, 4.69) is 10.6 Å². The Morgan fingerprint density at radius 3 is 2.91 bits per heavy atom. The number of nitrogens with zero attached hydrogens (tertiary/aromatic N) is 1. The first-order valence-corrected chi connectivity index (χ1v) is 7.32. The smallest absolute Gasteiger partial charge is 0.319 e. The molecule has 22 heavy (non-hydrogen) atoms. The quantitative estimate of drug-likeness (QED) is 0.912. The number of benzene rings is 1. The van der Waals surface area contributed by atoms with Gasteiger partial charge in [-0.15, -0.1) is 0 Å². The van der Waals surface area contributed by atoms with Crippen LogP contribution in [0.5, 0.6) is 0 Å². The molecule has 2 aromatic rings. The summed E-state index contributed by atoms with van der Waals surface area (Å²) in [5.41, 5.74) is 0.928. The van der Waals surface area contributed by atoms with E-state index in [1.54, 1.807) is 12.1 Å². The number of carbonyl (C=O) groups is 1. The molecular formula is C16H18FN3O2. The van der Waals surface area contributed by atoms with Crippen LogP contribution in [0.1, 0.15) is 12.8 Å². The van der Waals surface area contributed by atoms with Gasteiger partial charge in [0.15, 0.2) is 0 Å². The third-order valence-electron chi connectivity index (χ3n) is 3.62. The molecule has 5 nitrogen and oxygen atoms in total. The zero-order chi connectivity index (χ0) is 15.4. The van der Waals surface area contributed by atoms with Crippen molar-refractivity contribution in [1.29, 1.82) is 0 Å². The van der Waals surface area contributed by atoms with Crippen molar-refractivity contribution in [2.24, 2.45) is 0 Å². The Morgan fingerprint density at radius 1 is 1.36 bits per heavy atom. The standard InChI is InChI=1S/C16H18FN3O2/c17-14-6-5-12(20-7-1-2-8-20)10-15(14)19-16(21)18-11-13-4-3-9-22-13/h1-2,5-8,10,13H,3-4,9,11H2,(H2,18,19,21)/t13-/m0/s1. The van der Waals surface area contributed by atoms with E-state index in [-0.39, 0.29) is 11.8 Å². The highest BCUT2D eigenvalue weighted by Crippen LogP contribution is 2.19. The average Bonchev–Trinajstić information content (AvgIpc) is 3.21. The maximum absolute atomic E-state index is 13.8. The van der Waals surface area contributed by atoms with E-state index >= 15 is 0 Å². The molecule has 1 atom stereocenters. The summed E-state index contributed by atoms with van der Waals surface area (Å²) in [6, 6.07) is 7.92. The monoisotopic (exact) mass is 303 g/mol. The van der Waals surface area contributed by atoms with E-state index in [9.17, 15) is 9.18 Å². The van der Waals surface area contributed by atoms with Crippen molar-refractivity contribution < 1.29 is 13.9 Å². The summed E-state index contributed by atoms with van der Waals surface area (Å²) in [7, 11) is 0. The van der Waals surface area contributed by atoms with Crippen molar-refractivity contribution in [1.82, 2.24) is 9.88 Å². The highest BCUT2D eigenvalue weighted by Gasteiger charge is 2.16. The van der Waals surface area contributed by atoms with Crippen LogP contribution in [0.25, 0.3) is 5.69 Å². The molecule has 0 unspecified atom stereocenters. The predicted molar refractivity (Wildman–Crippen MR) is 81.7 cm³/mol. The molecule has 0 bridgehead atoms. The number of hydrogen-bond acceptors (Lipinski definition) is 2. The lowest BCUT2D eigenvalue weighted by Gasteiger charge is -2.13. The Hall–Kier alpha value is -2.34. The van der Waals surface area contributed by atoms with Gasteiger partial charge in [-0.25, -0.2) is 9.18 Å². The van der Waals surface area contributed by atoms with Crippen LogP contribution in [0.4, 0.5) is 14.9 Å². The number of rotatable bonds is 4.